The summed E-state index contributed by atoms with van der Waals surface area (Å²) < 4.78 is 38.7. The lowest BCUT2D eigenvalue weighted by Gasteiger charge is -2.30. The van der Waals surface area contributed by atoms with Crippen LogP contribution < -0.4 is 10.6 Å². The largest absolute Gasteiger partial charge is 0.416 e. The van der Waals surface area contributed by atoms with Crippen molar-refractivity contribution < 1.29 is 22.8 Å². The van der Waals surface area contributed by atoms with Gasteiger partial charge in [-0.15, -0.1) is 0 Å². The van der Waals surface area contributed by atoms with Gasteiger partial charge in [0.05, 0.1) is 5.56 Å². The summed E-state index contributed by atoms with van der Waals surface area (Å²) in [4.78, 5) is 23.9. The van der Waals surface area contributed by atoms with E-state index in [1.165, 1.54) is 26.0 Å². The molecule has 0 spiro atoms. The van der Waals surface area contributed by atoms with Crippen LogP contribution in [0.5, 0.6) is 0 Å². The van der Waals surface area contributed by atoms with E-state index < -0.39 is 29.1 Å². The van der Waals surface area contributed by atoms with Crippen LogP contribution in [0.4, 0.5) is 13.2 Å². The molecule has 0 aliphatic carbocycles. The smallest absolute Gasteiger partial charge is 0.354 e. The van der Waals surface area contributed by atoms with Gasteiger partial charge < -0.3 is 10.6 Å². The molecule has 1 aromatic rings. The van der Waals surface area contributed by atoms with Gasteiger partial charge in [0.15, 0.2) is 0 Å². The Kier molecular flexibility index (Phi) is 5.80. The zero-order valence-electron chi connectivity index (χ0n) is 13.5. The highest BCUT2D eigenvalue weighted by molar-refractivity contribution is 5.91. The van der Waals surface area contributed by atoms with Gasteiger partial charge in [-0.2, -0.15) is 13.2 Å². The Morgan fingerprint density at radius 3 is 2.22 bits per heavy atom. The molecule has 1 aromatic carbocycles. The minimum atomic E-state index is -4.53. The zero-order valence-corrected chi connectivity index (χ0v) is 13.5. The van der Waals surface area contributed by atoms with Crippen LogP contribution in [0.15, 0.2) is 24.3 Å². The minimum Gasteiger partial charge on any atom is -0.354 e. The quantitative estimate of drug-likeness (QED) is 0.872. The molecule has 7 heteroatoms. The molecule has 1 atom stereocenters. The number of carbonyl (C=O) groups excluding carboxylic acids is 2. The summed E-state index contributed by atoms with van der Waals surface area (Å²) in [6, 6.07) is 4.41. The van der Waals surface area contributed by atoms with Gasteiger partial charge in [0, 0.05) is 13.5 Å². The van der Waals surface area contributed by atoms with Gasteiger partial charge in [-0.3, -0.25) is 9.59 Å². The highest BCUT2D eigenvalue weighted by Gasteiger charge is 2.38. The second-order valence-corrected chi connectivity index (χ2v) is 5.99. The van der Waals surface area contributed by atoms with Crippen LogP contribution in [0.3, 0.4) is 0 Å². The Balaban J connectivity index is 3.25. The summed E-state index contributed by atoms with van der Waals surface area (Å²) in [5, 5.41) is 5.11. The first-order valence-corrected chi connectivity index (χ1v) is 7.21. The molecule has 0 radical (unpaired) electrons. The Labute approximate surface area is 133 Å². The van der Waals surface area contributed by atoms with Crippen molar-refractivity contribution >= 4 is 11.8 Å². The lowest BCUT2D eigenvalue weighted by molar-refractivity contribution is -0.138. The molecule has 2 N–H and O–H groups in total. The van der Waals surface area contributed by atoms with Gasteiger partial charge in [-0.05, 0) is 30.5 Å². The molecular formula is C16H21F3N2O2. The summed E-state index contributed by atoms with van der Waals surface area (Å²) in [7, 11) is 0. The Morgan fingerprint density at radius 1 is 1.17 bits per heavy atom. The molecule has 4 nitrogen and oxygen atoms in total. The standard InChI is InChI=1S/C16H21F3N2O2/c1-10(2)9-20-14(23)15(4,21-11(3)22)12-6-5-7-13(8-12)16(17,18)19/h5-8,10H,9H2,1-4H3,(H,20,23)(H,21,22)/t15-/m1/s1. The molecule has 128 valence electrons. The number of hydrogen-bond donors (Lipinski definition) is 2. The van der Waals surface area contributed by atoms with Crippen molar-refractivity contribution in [1.29, 1.82) is 0 Å². The van der Waals surface area contributed by atoms with Crippen molar-refractivity contribution in [1.82, 2.24) is 10.6 Å². The first-order valence-electron chi connectivity index (χ1n) is 7.21. The maximum atomic E-state index is 12.9. The maximum absolute atomic E-state index is 12.9. The number of benzene rings is 1. The van der Waals surface area contributed by atoms with Crippen LogP contribution in [0.2, 0.25) is 0 Å². The van der Waals surface area contributed by atoms with Crippen LogP contribution in [0.25, 0.3) is 0 Å². The number of amides is 2. The van der Waals surface area contributed by atoms with Gasteiger partial charge in [0.25, 0.3) is 0 Å². The molecule has 0 saturated carbocycles. The van der Waals surface area contributed by atoms with E-state index in [1.54, 1.807) is 0 Å². The van der Waals surface area contributed by atoms with Crippen LogP contribution in [-0.4, -0.2) is 18.4 Å². The molecule has 0 aliphatic rings. The average Bonchev–Trinajstić information content (AvgIpc) is 2.43. The highest BCUT2D eigenvalue weighted by atomic mass is 19.4. The Bertz CT molecular complexity index is 585. The summed E-state index contributed by atoms with van der Waals surface area (Å²) in [5.74, 6) is -0.896. The van der Waals surface area contributed by atoms with Crippen molar-refractivity contribution in [2.45, 2.75) is 39.4 Å². The third-order valence-corrected chi connectivity index (χ3v) is 3.32. The summed E-state index contributed by atoms with van der Waals surface area (Å²) in [5.41, 5.74) is -2.38. The lowest BCUT2D eigenvalue weighted by atomic mass is 9.89. The molecule has 0 saturated heterocycles. The second-order valence-electron chi connectivity index (χ2n) is 5.99. The number of rotatable bonds is 5. The fraction of sp³-hybridized carbons (Fsp3) is 0.500. The molecule has 0 heterocycles. The minimum absolute atomic E-state index is 0.0729. The predicted octanol–water partition coefficient (Wildman–Crippen LogP) is 2.83. The van der Waals surface area contributed by atoms with E-state index in [0.717, 1.165) is 12.1 Å². The van der Waals surface area contributed by atoms with E-state index >= 15 is 0 Å². The van der Waals surface area contributed by atoms with Crippen LogP contribution in [0, 0.1) is 5.92 Å². The SMILES string of the molecule is CC(=O)N[C@@](C)(C(=O)NCC(C)C)c1cccc(C(F)(F)F)c1. The van der Waals surface area contributed by atoms with E-state index in [0.29, 0.717) is 6.54 Å². The summed E-state index contributed by atoms with van der Waals surface area (Å²) >= 11 is 0. The number of nitrogens with one attached hydrogen (secondary N) is 2. The van der Waals surface area contributed by atoms with Crippen LogP contribution in [0.1, 0.15) is 38.8 Å². The molecule has 23 heavy (non-hydrogen) atoms. The van der Waals surface area contributed by atoms with E-state index in [9.17, 15) is 22.8 Å². The highest BCUT2D eigenvalue weighted by Crippen LogP contribution is 2.32. The van der Waals surface area contributed by atoms with Gasteiger partial charge >= 0.3 is 6.18 Å². The molecule has 2 amide bonds. The molecule has 0 aromatic heterocycles. The van der Waals surface area contributed by atoms with Crippen LogP contribution in [-0.2, 0) is 21.3 Å². The van der Waals surface area contributed by atoms with Crippen molar-refractivity contribution in [3.05, 3.63) is 35.4 Å². The van der Waals surface area contributed by atoms with E-state index in [1.807, 2.05) is 13.8 Å². The molecule has 0 bridgehead atoms. The lowest BCUT2D eigenvalue weighted by Crippen LogP contribution is -2.54. The number of hydrogen-bond acceptors (Lipinski definition) is 2. The second kappa shape index (κ2) is 7.02. The van der Waals surface area contributed by atoms with E-state index in [4.69, 9.17) is 0 Å². The maximum Gasteiger partial charge on any atom is 0.416 e. The van der Waals surface area contributed by atoms with Crippen molar-refractivity contribution in [2.24, 2.45) is 5.92 Å². The van der Waals surface area contributed by atoms with Gasteiger partial charge in [-0.1, -0.05) is 26.0 Å². The predicted molar refractivity (Wildman–Crippen MR) is 80.5 cm³/mol. The molecule has 1 rings (SSSR count). The Morgan fingerprint density at radius 2 is 1.74 bits per heavy atom. The molecule has 0 fully saturated rings. The topological polar surface area (TPSA) is 58.2 Å². The fourth-order valence-electron chi connectivity index (χ4n) is 2.09. The van der Waals surface area contributed by atoms with E-state index in [-0.39, 0.29) is 11.5 Å². The zero-order chi connectivity index (χ0) is 17.8. The number of carbonyl (C=O) groups is 2. The summed E-state index contributed by atoms with van der Waals surface area (Å²) in [6.45, 7) is 6.73. The monoisotopic (exact) mass is 330 g/mol. The third kappa shape index (κ3) is 4.97. The normalized spacial score (nSPS) is 14.3. The molecular weight excluding hydrogens is 309 g/mol. The van der Waals surface area contributed by atoms with Gasteiger partial charge in [0.2, 0.25) is 11.8 Å². The van der Waals surface area contributed by atoms with Gasteiger partial charge in [-0.25, -0.2) is 0 Å². The third-order valence-electron chi connectivity index (χ3n) is 3.32. The average molecular weight is 330 g/mol. The fourth-order valence-corrected chi connectivity index (χ4v) is 2.09. The van der Waals surface area contributed by atoms with Gasteiger partial charge in [0.1, 0.15) is 5.54 Å². The molecule has 0 unspecified atom stereocenters. The Hall–Kier alpha value is -2.05. The van der Waals surface area contributed by atoms with E-state index in [2.05, 4.69) is 10.6 Å². The first-order chi connectivity index (χ1) is 10.5. The van der Waals surface area contributed by atoms with Crippen LogP contribution >= 0.6 is 0 Å². The van der Waals surface area contributed by atoms with Crippen molar-refractivity contribution in [3.8, 4) is 0 Å². The molecule has 0 aliphatic heterocycles. The number of alkyl halides is 3. The number of halogens is 3. The summed E-state index contributed by atoms with van der Waals surface area (Å²) in [6.07, 6.45) is -4.53. The first kappa shape index (κ1) is 19.0. The van der Waals surface area contributed by atoms with Crippen molar-refractivity contribution in [2.75, 3.05) is 6.54 Å². The van der Waals surface area contributed by atoms with Crippen molar-refractivity contribution in [3.63, 3.8) is 0 Å².